The second-order valence-corrected chi connectivity index (χ2v) is 6.52. The Kier molecular flexibility index (Phi) is 7.23. The zero-order valence-corrected chi connectivity index (χ0v) is 15.4. The Morgan fingerprint density at radius 3 is 2.38 bits per heavy atom. The van der Waals surface area contributed by atoms with Crippen LogP contribution in [0.4, 0.5) is 5.69 Å². The van der Waals surface area contributed by atoms with Crippen molar-refractivity contribution in [3.63, 3.8) is 0 Å². The zero-order valence-electron chi connectivity index (χ0n) is 14.6. The molecule has 2 amide bonds. The minimum Gasteiger partial charge on any atom is -0.452 e. The molecule has 0 heterocycles. The molecule has 26 heavy (non-hydrogen) atoms. The highest BCUT2D eigenvalue weighted by Crippen LogP contribution is 2.22. The van der Waals surface area contributed by atoms with E-state index in [4.69, 9.17) is 4.74 Å². The molecule has 0 atom stereocenters. The molecule has 0 aliphatic heterocycles. The maximum Gasteiger partial charge on any atom is 0.339 e. The molecule has 0 aliphatic rings. The van der Waals surface area contributed by atoms with Crippen molar-refractivity contribution in [3.8, 4) is 0 Å². The Hall–Kier alpha value is -2.80. The van der Waals surface area contributed by atoms with Gasteiger partial charge in [-0.1, -0.05) is 19.1 Å². The summed E-state index contributed by atoms with van der Waals surface area (Å²) in [6.07, 6.45) is 0. The van der Waals surface area contributed by atoms with Crippen molar-refractivity contribution < 1.29 is 19.1 Å². The Labute approximate surface area is 156 Å². The van der Waals surface area contributed by atoms with Gasteiger partial charge in [0.05, 0.1) is 5.56 Å². The molecule has 0 radical (unpaired) electrons. The molecule has 0 aliphatic carbocycles. The third kappa shape index (κ3) is 5.35. The van der Waals surface area contributed by atoms with Crippen LogP contribution in [0.3, 0.4) is 0 Å². The number of rotatable bonds is 7. The van der Waals surface area contributed by atoms with Crippen molar-refractivity contribution in [2.75, 3.05) is 24.7 Å². The number of nitrogens with one attached hydrogen (secondary N) is 2. The number of hydrogen-bond acceptors (Lipinski definition) is 5. The van der Waals surface area contributed by atoms with Gasteiger partial charge < -0.3 is 15.4 Å². The lowest BCUT2D eigenvalue weighted by molar-refractivity contribution is -0.119. The summed E-state index contributed by atoms with van der Waals surface area (Å²) in [5, 5.41) is 5.14. The molecule has 0 fully saturated rings. The van der Waals surface area contributed by atoms with Crippen molar-refractivity contribution in [3.05, 3.63) is 59.7 Å². The number of carbonyl (C=O) groups excluding carboxylic acids is 3. The molecule has 7 heteroatoms. The number of amides is 2. The zero-order chi connectivity index (χ0) is 18.9. The molecular formula is C19H20N2O4S. The number of hydrogen-bond donors (Lipinski definition) is 2. The van der Waals surface area contributed by atoms with Gasteiger partial charge in [-0.15, -0.1) is 11.8 Å². The number of thioether (sulfide) groups is 1. The third-order valence-corrected chi connectivity index (χ3v) is 4.35. The first-order valence-corrected chi connectivity index (χ1v) is 9.04. The summed E-state index contributed by atoms with van der Waals surface area (Å²) in [5.41, 5.74) is 1.45. The molecule has 0 saturated heterocycles. The lowest BCUT2D eigenvalue weighted by Crippen LogP contribution is -2.21. The molecule has 6 nitrogen and oxygen atoms in total. The van der Waals surface area contributed by atoms with Crippen LogP contribution in [-0.4, -0.2) is 37.2 Å². The highest BCUT2D eigenvalue weighted by atomic mass is 32.2. The normalized spacial score (nSPS) is 10.1. The molecular weight excluding hydrogens is 352 g/mol. The highest BCUT2D eigenvalue weighted by molar-refractivity contribution is 7.99. The lowest BCUT2D eigenvalue weighted by Gasteiger charge is -2.09. The van der Waals surface area contributed by atoms with Crippen LogP contribution < -0.4 is 10.6 Å². The topological polar surface area (TPSA) is 84.5 Å². The van der Waals surface area contributed by atoms with Crippen LogP contribution in [0.5, 0.6) is 0 Å². The molecule has 0 unspecified atom stereocenters. The van der Waals surface area contributed by atoms with E-state index in [0.29, 0.717) is 16.8 Å². The van der Waals surface area contributed by atoms with Crippen LogP contribution in [-0.2, 0) is 9.53 Å². The predicted octanol–water partition coefficient (Wildman–Crippen LogP) is 2.95. The van der Waals surface area contributed by atoms with Gasteiger partial charge in [0.15, 0.2) is 6.61 Å². The summed E-state index contributed by atoms with van der Waals surface area (Å²) in [4.78, 5) is 36.5. The van der Waals surface area contributed by atoms with Crippen molar-refractivity contribution in [2.45, 2.75) is 11.8 Å². The van der Waals surface area contributed by atoms with Gasteiger partial charge in [0.2, 0.25) is 0 Å². The Bertz CT molecular complexity index is 790. The van der Waals surface area contributed by atoms with Gasteiger partial charge in [0, 0.05) is 23.2 Å². The molecule has 2 aromatic rings. The van der Waals surface area contributed by atoms with E-state index in [9.17, 15) is 14.4 Å². The largest absolute Gasteiger partial charge is 0.452 e. The van der Waals surface area contributed by atoms with Crippen LogP contribution in [0, 0.1) is 0 Å². The van der Waals surface area contributed by atoms with Gasteiger partial charge >= 0.3 is 5.97 Å². The van der Waals surface area contributed by atoms with E-state index in [1.54, 1.807) is 43.4 Å². The van der Waals surface area contributed by atoms with E-state index in [1.165, 1.54) is 11.8 Å². The van der Waals surface area contributed by atoms with Crippen molar-refractivity contribution in [1.29, 1.82) is 0 Å². The van der Waals surface area contributed by atoms with E-state index in [1.807, 2.05) is 19.1 Å². The van der Waals surface area contributed by atoms with E-state index in [0.717, 1.165) is 10.6 Å². The molecule has 0 saturated carbocycles. The monoisotopic (exact) mass is 372 g/mol. The Morgan fingerprint density at radius 2 is 1.73 bits per heavy atom. The fourth-order valence-electron chi connectivity index (χ4n) is 2.17. The van der Waals surface area contributed by atoms with Crippen molar-refractivity contribution >= 4 is 35.2 Å². The first-order chi connectivity index (χ1) is 12.5. The summed E-state index contributed by atoms with van der Waals surface area (Å²) in [5.74, 6) is -0.365. The second kappa shape index (κ2) is 9.62. The summed E-state index contributed by atoms with van der Waals surface area (Å²) in [6, 6.07) is 13.5. The SMILES string of the molecule is CCSc1ccccc1C(=O)OCC(=O)Nc1ccc(C(=O)NC)cc1. The second-order valence-electron chi connectivity index (χ2n) is 5.21. The van der Waals surface area contributed by atoms with Gasteiger partial charge in [0.25, 0.3) is 11.8 Å². The Morgan fingerprint density at radius 1 is 1.04 bits per heavy atom. The number of esters is 1. The smallest absolute Gasteiger partial charge is 0.339 e. The number of benzene rings is 2. The third-order valence-electron chi connectivity index (χ3n) is 3.40. The van der Waals surface area contributed by atoms with Crippen molar-refractivity contribution in [1.82, 2.24) is 5.32 Å². The summed E-state index contributed by atoms with van der Waals surface area (Å²) >= 11 is 1.54. The maximum atomic E-state index is 12.2. The highest BCUT2D eigenvalue weighted by Gasteiger charge is 2.14. The quantitative estimate of drug-likeness (QED) is 0.577. The van der Waals surface area contributed by atoms with Crippen LogP contribution in [0.1, 0.15) is 27.6 Å². The van der Waals surface area contributed by atoms with E-state index in [-0.39, 0.29) is 12.5 Å². The summed E-state index contributed by atoms with van der Waals surface area (Å²) in [6.45, 7) is 1.61. The average Bonchev–Trinajstić information content (AvgIpc) is 2.67. The number of carbonyl (C=O) groups is 3. The van der Waals surface area contributed by atoms with Gasteiger partial charge in [-0.05, 0) is 42.2 Å². The van der Waals surface area contributed by atoms with E-state index < -0.39 is 11.9 Å². The van der Waals surface area contributed by atoms with Gasteiger partial charge in [-0.25, -0.2) is 4.79 Å². The fourth-order valence-corrected chi connectivity index (χ4v) is 2.96. The van der Waals surface area contributed by atoms with Crippen LogP contribution in [0.2, 0.25) is 0 Å². The van der Waals surface area contributed by atoms with Gasteiger partial charge in [-0.3, -0.25) is 9.59 Å². The summed E-state index contributed by atoms with van der Waals surface area (Å²) < 4.78 is 5.10. The van der Waals surface area contributed by atoms with Gasteiger partial charge in [0.1, 0.15) is 0 Å². The molecule has 2 N–H and O–H groups in total. The minimum atomic E-state index is -0.535. The fraction of sp³-hybridized carbons (Fsp3) is 0.211. The predicted molar refractivity (Wildman–Crippen MR) is 102 cm³/mol. The molecule has 136 valence electrons. The first kappa shape index (κ1) is 19.5. The molecule has 0 bridgehead atoms. The van der Waals surface area contributed by atoms with Gasteiger partial charge in [-0.2, -0.15) is 0 Å². The molecule has 2 rings (SSSR count). The van der Waals surface area contributed by atoms with E-state index >= 15 is 0 Å². The van der Waals surface area contributed by atoms with E-state index in [2.05, 4.69) is 10.6 Å². The molecule has 0 spiro atoms. The average molecular weight is 372 g/mol. The molecule has 2 aromatic carbocycles. The Balaban J connectivity index is 1.90. The standard InChI is InChI=1S/C19H20N2O4S/c1-3-26-16-7-5-4-6-15(16)19(24)25-12-17(22)21-14-10-8-13(9-11-14)18(23)20-2/h4-11H,3,12H2,1-2H3,(H,20,23)(H,21,22). The maximum absolute atomic E-state index is 12.2. The summed E-state index contributed by atoms with van der Waals surface area (Å²) in [7, 11) is 1.55. The lowest BCUT2D eigenvalue weighted by atomic mass is 10.2. The minimum absolute atomic E-state index is 0.208. The number of anilines is 1. The van der Waals surface area contributed by atoms with Crippen LogP contribution >= 0.6 is 11.8 Å². The molecule has 0 aromatic heterocycles. The first-order valence-electron chi connectivity index (χ1n) is 8.06. The number of ether oxygens (including phenoxy) is 1. The van der Waals surface area contributed by atoms with Crippen LogP contribution in [0.15, 0.2) is 53.4 Å². The van der Waals surface area contributed by atoms with Crippen molar-refractivity contribution in [2.24, 2.45) is 0 Å². The van der Waals surface area contributed by atoms with Crippen LogP contribution in [0.25, 0.3) is 0 Å².